The van der Waals surface area contributed by atoms with Crippen molar-refractivity contribution in [3.05, 3.63) is 23.8 Å². The normalized spacial score (nSPS) is 12.6. The molecule has 21 heavy (non-hydrogen) atoms. The molecule has 1 atom stereocenters. The molecule has 4 N–H and O–H groups in total. The van der Waals surface area contributed by atoms with Gasteiger partial charge >= 0.3 is 0 Å². The molecule has 1 aromatic carbocycles. The van der Waals surface area contributed by atoms with Crippen LogP contribution >= 0.6 is 0 Å². The highest BCUT2D eigenvalue weighted by Gasteiger charge is 2.18. The van der Waals surface area contributed by atoms with Gasteiger partial charge in [-0.05, 0) is 24.6 Å². The van der Waals surface area contributed by atoms with Crippen LogP contribution in [-0.4, -0.2) is 37.2 Å². The van der Waals surface area contributed by atoms with E-state index in [2.05, 4.69) is 10.5 Å². The lowest BCUT2D eigenvalue weighted by Gasteiger charge is -2.17. The third-order valence-electron chi connectivity index (χ3n) is 3.00. The van der Waals surface area contributed by atoms with Gasteiger partial charge in [0, 0.05) is 5.56 Å². The number of amidine groups is 1. The molecule has 0 saturated heterocycles. The van der Waals surface area contributed by atoms with Crippen molar-refractivity contribution in [1.82, 2.24) is 5.32 Å². The van der Waals surface area contributed by atoms with Crippen LogP contribution in [0.3, 0.4) is 0 Å². The lowest BCUT2D eigenvalue weighted by molar-refractivity contribution is 0.0944. The van der Waals surface area contributed by atoms with Crippen molar-refractivity contribution in [2.24, 2.45) is 10.9 Å². The van der Waals surface area contributed by atoms with Crippen LogP contribution in [0.5, 0.6) is 11.5 Å². The summed E-state index contributed by atoms with van der Waals surface area (Å²) in [6, 6.07) is 4.32. The Labute approximate surface area is 123 Å². The van der Waals surface area contributed by atoms with Gasteiger partial charge in [-0.15, -0.1) is 0 Å². The summed E-state index contributed by atoms with van der Waals surface area (Å²) >= 11 is 0. The Morgan fingerprint density at radius 2 is 2.05 bits per heavy atom. The Hall–Kier alpha value is -2.44. The van der Waals surface area contributed by atoms with Crippen LogP contribution in [0.25, 0.3) is 0 Å². The monoisotopic (exact) mass is 295 g/mol. The summed E-state index contributed by atoms with van der Waals surface area (Å²) in [5, 5.41) is 14.4. The Morgan fingerprint density at radius 1 is 1.38 bits per heavy atom. The number of carbonyl (C=O) groups is 1. The van der Waals surface area contributed by atoms with Crippen molar-refractivity contribution < 1.29 is 19.5 Å². The number of carbonyl (C=O) groups excluding carboxylic acids is 1. The maximum absolute atomic E-state index is 12.2. The second-order valence-electron chi connectivity index (χ2n) is 4.41. The zero-order chi connectivity index (χ0) is 15.8. The summed E-state index contributed by atoms with van der Waals surface area (Å²) in [6.07, 6.45) is 1.36. The summed E-state index contributed by atoms with van der Waals surface area (Å²) in [4.78, 5) is 12.2. The van der Waals surface area contributed by atoms with Gasteiger partial charge in [0.05, 0.1) is 20.3 Å². The van der Waals surface area contributed by atoms with Crippen LogP contribution in [0.4, 0.5) is 0 Å². The minimum atomic E-state index is -0.513. The summed E-state index contributed by atoms with van der Waals surface area (Å²) in [5.41, 5.74) is 5.97. The van der Waals surface area contributed by atoms with Crippen molar-refractivity contribution in [3.63, 3.8) is 0 Å². The predicted octanol–water partition coefficient (Wildman–Crippen LogP) is 1.35. The summed E-state index contributed by atoms with van der Waals surface area (Å²) in [7, 11) is 3.02. The molecule has 0 bridgehead atoms. The zero-order valence-corrected chi connectivity index (χ0v) is 12.4. The van der Waals surface area contributed by atoms with Gasteiger partial charge in [-0.25, -0.2) is 0 Å². The molecule has 0 aliphatic heterocycles. The van der Waals surface area contributed by atoms with Gasteiger partial charge in [0.2, 0.25) is 0 Å². The highest BCUT2D eigenvalue weighted by Crippen LogP contribution is 2.27. The molecule has 0 saturated carbocycles. The molecule has 1 aromatic rings. The molecule has 1 amide bonds. The second-order valence-corrected chi connectivity index (χ2v) is 4.41. The van der Waals surface area contributed by atoms with E-state index >= 15 is 0 Å². The zero-order valence-electron chi connectivity index (χ0n) is 12.4. The van der Waals surface area contributed by atoms with Crippen LogP contribution in [0.15, 0.2) is 23.4 Å². The molecule has 7 nitrogen and oxygen atoms in total. The number of nitrogens with one attached hydrogen (secondary N) is 1. The highest BCUT2D eigenvalue weighted by atomic mass is 16.5. The first-order valence-corrected chi connectivity index (χ1v) is 6.57. The topological polar surface area (TPSA) is 106 Å². The van der Waals surface area contributed by atoms with E-state index in [1.54, 1.807) is 18.2 Å². The van der Waals surface area contributed by atoms with E-state index < -0.39 is 6.04 Å². The first-order valence-electron chi connectivity index (χ1n) is 6.57. The molecule has 0 radical (unpaired) electrons. The molecule has 0 spiro atoms. The standard InChI is InChI=1S/C14H21N3O4/c1-4-5-10(13(15)17-19)16-14(18)9-6-7-11(20-2)12(8-9)21-3/h6-8,10,19H,4-5H2,1-3H3,(H2,15,17)(H,16,18). The minimum absolute atomic E-state index is 0.0225. The number of benzene rings is 1. The molecule has 0 aliphatic rings. The van der Waals surface area contributed by atoms with E-state index in [1.807, 2.05) is 6.92 Å². The van der Waals surface area contributed by atoms with Crippen molar-refractivity contribution in [3.8, 4) is 11.5 Å². The third kappa shape index (κ3) is 4.27. The van der Waals surface area contributed by atoms with Gasteiger partial charge in [0.15, 0.2) is 17.3 Å². The molecule has 1 unspecified atom stereocenters. The number of oxime groups is 1. The Kier molecular flexibility index (Phi) is 6.32. The Balaban J connectivity index is 2.92. The lowest BCUT2D eigenvalue weighted by atomic mass is 10.1. The molecule has 0 aromatic heterocycles. The Bertz CT molecular complexity index is 517. The van der Waals surface area contributed by atoms with E-state index in [9.17, 15) is 4.79 Å². The number of ether oxygens (including phenoxy) is 2. The van der Waals surface area contributed by atoms with Gasteiger partial charge < -0.3 is 25.7 Å². The van der Waals surface area contributed by atoms with E-state index in [4.69, 9.17) is 20.4 Å². The maximum atomic E-state index is 12.2. The third-order valence-corrected chi connectivity index (χ3v) is 3.00. The molecule has 0 heterocycles. The van der Waals surface area contributed by atoms with Crippen molar-refractivity contribution >= 4 is 11.7 Å². The maximum Gasteiger partial charge on any atom is 0.252 e. The largest absolute Gasteiger partial charge is 0.493 e. The first kappa shape index (κ1) is 16.6. The van der Waals surface area contributed by atoms with Gasteiger partial charge in [-0.3, -0.25) is 4.79 Å². The number of hydrogen-bond donors (Lipinski definition) is 3. The Morgan fingerprint density at radius 3 is 2.57 bits per heavy atom. The summed E-state index contributed by atoms with van der Waals surface area (Å²) < 4.78 is 10.3. The van der Waals surface area contributed by atoms with Gasteiger partial charge in [-0.1, -0.05) is 18.5 Å². The fraction of sp³-hybridized carbons (Fsp3) is 0.429. The number of nitrogens with zero attached hydrogens (tertiary/aromatic N) is 1. The fourth-order valence-electron chi connectivity index (χ4n) is 1.87. The number of rotatable bonds is 7. The van der Waals surface area contributed by atoms with Gasteiger partial charge in [0.1, 0.15) is 0 Å². The smallest absolute Gasteiger partial charge is 0.252 e. The molecular weight excluding hydrogens is 274 g/mol. The molecular formula is C14H21N3O4. The SMILES string of the molecule is CCCC(NC(=O)c1ccc(OC)c(OC)c1)/C(N)=N/O. The summed E-state index contributed by atoms with van der Waals surface area (Å²) in [6.45, 7) is 1.94. The lowest BCUT2D eigenvalue weighted by Crippen LogP contribution is -2.44. The number of hydrogen-bond acceptors (Lipinski definition) is 5. The second kappa shape index (κ2) is 7.98. The van der Waals surface area contributed by atoms with Crippen LogP contribution in [0, 0.1) is 0 Å². The highest BCUT2D eigenvalue weighted by molar-refractivity contribution is 5.98. The number of methoxy groups -OCH3 is 2. The first-order chi connectivity index (χ1) is 10.1. The quantitative estimate of drug-likeness (QED) is 0.305. The van der Waals surface area contributed by atoms with Crippen LogP contribution in [-0.2, 0) is 0 Å². The molecule has 0 fully saturated rings. The summed E-state index contributed by atoms with van der Waals surface area (Å²) in [5.74, 6) is 0.642. The van der Waals surface area contributed by atoms with Gasteiger partial charge in [0.25, 0.3) is 5.91 Å². The van der Waals surface area contributed by atoms with Crippen LogP contribution in [0.1, 0.15) is 30.1 Å². The fourth-order valence-corrected chi connectivity index (χ4v) is 1.87. The minimum Gasteiger partial charge on any atom is -0.493 e. The molecule has 1 rings (SSSR count). The average molecular weight is 295 g/mol. The van der Waals surface area contributed by atoms with Crippen molar-refractivity contribution in [2.45, 2.75) is 25.8 Å². The predicted molar refractivity (Wildman–Crippen MR) is 79.1 cm³/mol. The number of amides is 1. The van der Waals surface area contributed by atoms with E-state index in [-0.39, 0.29) is 11.7 Å². The van der Waals surface area contributed by atoms with E-state index in [1.165, 1.54) is 14.2 Å². The van der Waals surface area contributed by atoms with Gasteiger partial charge in [-0.2, -0.15) is 0 Å². The molecule has 7 heteroatoms. The number of nitrogens with two attached hydrogens (primary N) is 1. The van der Waals surface area contributed by atoms with Crippen molar-refractivity contribution in [2.75, 3.05) is 14.2 Å². The van der Waals surface area contributed by atoms with Crippen LogP contribution < -0.4 is 20.5 Å². The van der Waals surface area contributed by atoms with E-state index in [0.29, 0.717) is 23.5 Å². The van der Waals surface area contributed by atoms with Crippen molar-refractivity contribution in [1.29, 1.82) is 0 Å². The molecule has 0 aliphatic carbocycles. The average Bonchev–Trinajstić information content (AvgIpc) is 2.52. The van der Waals surface area contributed by atoms with Crippen LogP contribution in [0.2, 0.25) is 0 Å². The molecule has 116 valence electrons. The van der Waals surface area contributed by atoms with E-state index in [0.717, 1.165) is 6.42 Å².